The number of benzene rings is 2. The molecule has 0 spiro atoms. The molecule has 2 amide bonds. The van der Waals surface area contributed by atoms with Crippen LogP contribution in [0, 0.1) is 6.92 Å². The molecule has 0 saturated carbocycles. The highest BCUT2D eigenvalue weighted by molar-refractivity contribution is 7.90. The van der Waals surface area contributed by atoms with Gasteiger partial charge in [0, 0.05) is 48.0 Å². The quantitative estimate of drug-likeness (QED) is 0.592. The summed E-state index contributed by atoms with van der Waals surface area (Å²) in [6.45, 7) is 4.96. The molecule has 0 aliphatic carbocycles. The number of rotatable bonds is 5. The molecular weight excluding hydrogens is 442 g/mol. The van der Waals surface area contributed by atoms with Gasteiger partial charge in [0.25, 0.3) is 0 Å². The highest BCUT2D eigenvalue weighted by Gasteiger charge is 2.16. The first kappa shape index (κ1) is 22.7. The van der Waals surface area contributed by atoms with Crippen LogP contribution in [0.15, 0.2) is 59.6 Å². The van der Waals surface area contributed by atoms with Crippen LogP contribution in [0.5, 0.6) is 0 Å². The maximum Gasteiger partial charge on any atom is 0.323 e. The zero-order valence-corrected chi connectivity index (χ0v) is 19.2. The average molecular weight is 468 g/mol. The Kier molecular flexibility index (Phi) is 6.57. The summed E-state index contributed by atoms with van der Waals surface area (Å²) in [6.07, 6.45) is 2.96. The van der Waals surface area contributed by atoms with Crippen LogP contribution in [-0.2, 0) is 14.6 Å². The summed E-state index contributed by atoms with van der Waals surface area (Å²) in [6, 6.07) is 12.8. The molecule has 4 rings (SSSR count). The molecule has 0 atom stereocenters. The van der Waals surface area contributed by atoms with Crippen molar-refractivity contribution in [3.8, 4) is 11.4 Å². The van der Waals surface area contributed by atoms with E-state index in [0.717, 1.165) is 36.3 Å². The van der Waals surface area contributed by atoms with Gasteiger partial charge in [0.15, 0.2) is 15.7 Å². The predicted octanol–water partition coefficient (Wildman–Crippen LogP) is 3.34. The molecule has 0 unspecified atom stereocenters. The van der Waals surface area contributed by atoms with Crippen LogP contribution in [0.4, 0.5) is 22.0 Å². The van der Waals surface area contributed by atoms with E-state index in [-0.39, 0.29) is 4.90 Å². The SMILES string of the molecule is Cc1cnc(-c2ccc(NC(=O)Nc3ccc(S(C)(=O)=O)cc3)cc2)nc1N1CCOCC1. The van der Waals surface area contributed by atoms with Crippen LogP contribution in [0.1, 0.15) is 5.56 Å². The van der Waals surface area contributed by atoms with Gasteiger partial charge in [0.05, 0.1) is 18.1 Å². The summed E-state index contributed by atoms with van der Waals surface area (Å²) in [5, 5.41) is 5.44. The maximum absolute atomic E-state index is 12.3. The normalized spacial score (nSPS) is 14.1. The molecule has 0 bridgehead atoms. The number of hydrogen-bond donors (Lipinski definition) is 2. The molecule has 10 heteroatoms. The van der Waals surface area contributed by atoms with Crippen molar-refractivity contribution in [1.82, 2.24) is 9.97 Å². The molecule has 3 aromatic rings. The lowest BCUT2D eigenvalue weighted by Gasteiger charge is -2.29. The van der Waals surface area contributed by atoms with Gasteiger partial charge in [0.1, 0.15) is 5.82 Å². The number of aryl methyl sites for hydroxylation is 1. The Morgan fingerprint density at radius 1 is 0.970 bits per heavy atom. The highest BCUT2D eigenvalue weighted by atomic mass is 32.2. The minimum absolute atomic E-state index is 0.194. The van der Waals surface area contributed by atoms with Crippen molar-refractivity contribution in [3.63, 3.8) is 0 Å². The van der Waals surface area contributed by atoms with Crippen molar-refractivity contribution >= 4 is 33.1 Å². The highest BCUT2D eigenvalue weighted by Crippen LogP contribution is 2.24. The van der Waals surface area contributed by atoms with Gasteiger partial charge in [-0.1, -0.05) is 0 Å². The number of hydrogen-bond acceptors (Lipinski definition) is 7. The van der Waals surface area contributed by atoms with Gasteiger partial charge >= 0.3 is 6.03 Å². The fourth-order valence-corrected chi connectivity index (χ4v) is 4.08. The van der Waals surface area contributed by atoms with E-state index in [1.807, 2.05) is 25.3 Å². The summed E-state index contributed by atoms with van der Waals surface area (Å²) in [4.78, 5) is 23.9. The summed E-state index contributed by atoms with van der Waals surface area (Å²) in [7, 11) is -3.28. The number of nitrogens with one attached hydrogen (secondary N) is 2. The lowest BCUT2D eigenvalue weighted by Crippen LogP contribution is -2.37. The third-order valence-corrected chi connectivity index (χ3v) is 6.33. The third-order valence-electron chi connectivity index (χ3n) is 5.20. The number of nitrogens with zero attached hydrogens (tertiary/aromatic N) is 3. The Morgan fingerprint density at radius 3 is 2.12 bits per heavy atom. The van der Waals surface area contributed by atoms with Gasteiger partial charge in [-0.25, -0.2) is 23.2 Å². The second-order valence-corrected chi connectivity index (χ2v) is 9.77. The number of amides is 2. The molecule has 2 heterocycles. The number of morpholine rings is 1. The number of aromatic nitrogens is 2. The lowest BCUT2D eigenvalue weighted by atomic mass is 10.2. The predicted molar refractivity (Wildman–Crippen MR) is 127 cm³/mol. The number of urea groups is 1. The number of carbonyl (C=O) groups excluding carboxylic acids is 1. The fourth-order valence-electron chi connectivity index (χ4n) is 3.45. The molecule has 1 fully saturated rings. The minimum Gasteiger partial charge on any atom is -0.378 e. The molecule has 9 nitrogen and oxygen atoms in total. The van der Waals surface area contributed by atoms with E-state index >= 15 is 0 Å². The van der Waals surface area contributed by atoms with Crippen LogP contribution < -0.4 is 15.5 Å². The van der Waals surface area contributed by atoms with Crippen molar-refractivity contribution in [2.24, 2.45) is 0 Å². The summed E-state index contributed by atoms with van der Waals surface area (Å²) >= 11 is 0. The molecule has 0 radical (unpaired) electrons. The van der Waals surface area contributed by atoms with E-state index in [2.05, 4.69) is 20.5 Å². The summed E-state index contributed by atoms with van der Waals surface area (Å²) < 4.78 is 28.5. The van der Waals surface area contributed by atoms with Crippen LogP contribution in [0.3, 0.4) is 0 Å². The third kappa shape index (κ3) is 5.65. The lowest BCUT2D eigenvalue weighted by molar-refractivity contribution is 0.122. The van der Waals surface area contributed by atoms with Crippen molar-refractivity contribution < 1.29 is 17.9 Å². The second kappa shape index (κ2) is 9.55. The van der Waals surface area contributed by atoms with E-state index in [0.29, 0.717) is 30.4 Å². The summed E-state index contributed by atoms with van der Waals surface area (Å²) in [5.74, 6) is 1.52. The van der Waals surface area contributed by atoms with E-state index in [9.17, 15) is 13.2 Å². The minimum atomic E-state index is -3.28. The Labute approximate surface area is 192 Å². The Hall–Kier alpha value is -3.50. The zero-order chi connectivity index (χ0) is 23.4. The Bertz CT molecular complexity index is 1240. The average Bonchev–Trinajstić information content (AvgIpc) is 2.80. The number of carbonyl (C=O) groups is 1. The van der Waals surface area contributed by atoms with Gasteiger partial charge < -0.3 is 20.3 Å². The molecule has 1 aliphatic rings. The van der Waals surface area contributed by atoms with Crippen molar-refractivity contribution in [1.29, 1.82) is 0 Å². The van der Waals surface area contributed by atoms with Crippen LogP contribution in [-0.4, -0.2) is 57.0 Å². The zero-order valence-electron chi connectivity index (χ0n) is 18.4. The Morgan fingerprint density at radius 2 is 1.55 bits per heavy atom. The maximum atomic E-state index is 12.3. The summed E-state index contributed by atoms with van der Waals surface area (Å²) in [5.41, 5.74) is 2.94. The molecule has 1 aromatic heterocycles. The number of anilines is 3. The van der Waals surface area contributed by atoms with Crippen LogP contribution >= 0.6 is 0 Å². The molecular formula is C23H25N5O4S. The topological polar surface area (TPSA) is 114 Å². The molecule has 172 valence electrons. The van der Waals surface area contributed by atoms with Gasteiger partial charge in [-0.3, -0.25) is 0 Å². The van der Waals surface area contributed by atoms with Crippen LogP contribution in [0.25, 0.3) is 11.4 Å². The van der Waals surface area contributed by atoms with Gasteiger partial charge in [-0.15, -0.1) is 0 Å². The fraction of sp³-hybridized carbons (Fsp3) is 0.261. The first-order chi connectivity index (χ1) is 15.8. The molecule has 2 aromatic carbocycles. The monoisotopic (exact) mass is 467 g/mol. The van der Waals surface area contributed by atoms with E-state index < -0.39 is 15.9 Å². The number of sulfone groups is 1. The molecule has 1 saturated heterocycles. The van der Waals surface area contributed by atoms with E-state index in [4.69, 9.17) is 9.72 Å². The van der Waals surface area contributed by atoms with E-state index in [1.54, 1.807) is 24.3 Å². The smallest absolute Gasteiger partial charge is 0.323 e. The number of ether oxygens (including phenoxy) is 1. The molecule has 2 N–H and O–H groups in total. The van der Waals surface area contributed by atoms with Gasteiger partial charge in [-0.2, -0.15) is 0 Å². The van der Waals surface area contributed by atoms with Gasteiger partial charge in [-0.05, 0) is 55.5 Å². The van der Waals surface area contributed by atoms with Crippen molar-refractivity contribution in [2.45, 2.75) is 11.8 Å². The second-order valence-electron chi connectivity index (χ2n) is 7.75. The van der Waals surface area contributed by atoms with Crippen LogP contribution in [0.2, 0.25) is 0 Å². The largest absolute Gasteiger partial charge is 0.378 e. The molecule has 1 aliphatic heterocycles. The Balaban J connectivity index is 1.41. The van der Waals surface area contributed by atoms with Gasteiger partial charge in [0.2, 0.25) is 0 Å². The van der Waals surface area contributed by atoms with Crippen molar-refractivity contribution in [3.05, 3.63) is 60.3 Å². The first-order valence-electron chi connectivity index (χ1n) is 10.4. The standard InChI is InChI=1S/C23H25N5O4S/c1-16-15-24-21(27-22(16)28-11-13-32-14-12-28)17-3-5-18(6-4-17)25-23(29)26-19-7-9-20(10-8-19)33(2,30)31/h3-10,15H,11-14H2,1-2H3,(H2,25,26,29). The molecule has 33 heavy (non-hydrogen) atoms. The van der Waals surface area contributed by atoms with Crippen molar-refractivity contribution in [2.75, 3.05) is 48.1 Å². The first-order valence-corrected chi connectivity index (χ1v) is 12.3. The van der Waals surface area contributed by atoms with E-state index in [1.165, 1.54) is 12.1 Å².